The molecule has 4 heterocycles. The molecule has 5 nitrogen and oxygen atoms in total. The maximum atomic E-state index is 5.59. The van der Waals surface area contributed by atoms with Crippen molar-refractivity contribution in [3.63, 3.8) is 0 Å². The molecule has 1 N–H and O–H groups in total. The number of hydrogen-bond donors (Lipinski definition) is 1. The van der Waals surface area contributed by atoms with Gasteiger partial charge in [-0.15, -0.1) is 0 Å². The van der Waals surface area contributed by atoms with E-state index in [1.165, 1.54) is 18.7 Å². The SMILES string of the molecule is c1cnc2c(c1)nc(CC1CCCNC1)n2C1CCOC1. The van der Waals surface area contributed by atoms with Gasteiger partial charge in [-0.2, -0.15) is 0 Å². The molecule has 4 rings (SSSR count). The van der Waals surface area contributed by atoms with Gasteiger partial charge in [0.05, 0.1) is 12.6 Å². The van der Waals surface area contributed by atoms with E-state index < -0.39 is 0 Å². The van der Waals surface area contributed by atoms with Crippen LogP contribution in [-0.2, 0) is 11.2 Å². The fourth-order valence-corrected chi connectivity index (χ4v) is 3.59. The van der Waals surface area contributed by atoms with E-state index in [2.05, 4.69) is 20.9 Å². The summed E-state index contributed by atoms with van der Waals surface area (Å²) in [4.78, 5) is 9.44. The van der Waals surface area contributed by atoms with Crippen molar-refractivity contribution in [3.8, 4) is 0 Å². The van der Waals surface area contributed by atoms with Crippen molar-refractivity contribution in [1.82, 2.24) is 19.9 Å². The fraction of sp³-hybridized carbons (Fsp3) is 0.625. The van der Waals surface area contributed by atoms with Gasteiger partial charge in [-0.3, -0.25) is 0 Å². The number of ether oxygens (including phenoxy) is 1. The summed E-state index contributed by atoms with van der Waals surface area (Å²) in [5.74, 6) is 1.88. The fourth-order valence-electron chi connectivity index (χ4n) is 3.59. The molecule has 2 aromatic heterocycles. The molecule has 0 saturated carbocycles. The third-order valence-electron chi connectivity index (χ3n) is 4.66. The number of rotatable bonds is 3. The molecule has 2 saturated heterocycles. The Balaban J connectivity index is 1.70. The second kappa shape index (κ2) is 5.73. The zero-order valence-corrected chi connectivity index (χ0v) is 12.3. The predicted octanol–water partition coefficient (Wildman–Crippen LogP) is 1.93. The van der Waals surface area contributed by atoms with Crippen molar-refractivity contribution < 1.29 is 4.74 Å². The van der Waals surface area contributed by atoms with E-state index in [1.54, 1.807) is 0 Å². The highest BCUT2D eigenvalue weighted by Crippen LogP contribution is 2.27. The molecule has 2 fully saturated rings. The Labute approximate surface area is 124 Å². The molecule has 0 radical (unpaired) electrons. The third-order valence-corrected chi connectivity index (χ3v) is 4.66. The molecule has 2 aliphatic rings. The third kappa shape index (κ3) is 2.56. The van der Waals surface area contributed by atoms with Crippen LogP contribution in [0.5, 0.6) is 0 Å². The van der Waals surface area contributed by atoms with Crippen LogP contribution in [0.15, 0.2) is 18.3 Å². The number of nitrogens with zero attached hydrogens (tertiary/aromatic N) is 3. The van der Waals surface area contributed by atoms with Crippen LogP contribution in [0.4, 0.5) is 0 Å². The number of pyridine rings is 1. The van der Waals surface area contributed by atoms with Crippen LogP contribution in [0.25, 0.3) is 11.2 Å². The molecule has 21 heavy (non-hydrogen) atoms. The average molecular weight is 286 g/mol. The molecule has 0 aliphatic carbocycles. The molecular weight excluding hydrogens is 264 g/mol. The second-order valence-electron chi connectivity index (χ2n) is 6.18. The molecule has 5 heteroatoms. The Morgan fingerprint density at radius 2 is 2.38 bits per heavy atom. The normalized spacial score (nSPS) is 26.5. The first-order valence-electron chi connectivity index (χ1n) is 8.02. The highest BCUT2D eigenvalue weighted by atomic mass is 16.5. The van der Waals surface area contributed by atoms with Gasteiger partial charge in [-0.05, 0) is 50.4 Å². The van der Waals surface area contributed by atoms with Gasteiger partial charge in [0.1, 0.15) is 11.3 Å². The van der Waals surface area contributed by atoms with Crippen LogP contribution in [-0.4, -0.2) is 40.8 Å². The van der Waals surface area contributed by atoms with Gasteiger partial charge in [0.15, 0.2) is 5.65 Å². The number of fused-ring (bicyclic) bond motifs is 1. The van der Waals surface area contributed by atoms with Crippen molar-refractivity contribution in [2.45, 2.75) is 31.7 Å². The van der Waals surface area contributed by atoms with Crippen molar-refractivity contribution in [2.24, 2.45) is 5.92 Å². The standard InChI is InChI=1S/C16H22N4O/c1-3-12(10-17-6-1)9-15-19-14-4-2-7-18-16(14)20(15)13-5-8-21-11-13/h2,4,7,12-13,17H,1,3,5-6,8-11H2. The summed E-state index contributed by atoms with van der Waals surface area (Å²) >= 11 is 0. The lowest BCUT2D eigenvalue weighted by molar-refractivity contribution is 0.186. The Bertz CT molecular complexity index is 612. The molecular formula is C16H22N4O. The Morgan fingerprint density at radius 1 is 1.38 bits per heavy atom. The molecule has 2 aromatic rings. The smallest absolute Gasteiger partial charge is 0.160 e. The molecule has 2 unspecified atom stereocenters. The monoisotopic (exact) mass is 286 g/mol. The van der Waals surface area contributed by atoms with Gasteiger partial charge < -0.3 is 14.6 Å². The minimum absolute atomic E-state index is 0.399. The summed E-state index contributed by atoms with van der Waals surface area (Å²) in [6.07, 6.45) is 6.54. The largest absolute Gasteiger partial charge is 0.379 e. The summed E-state index contributed by atoms with van der Waals surface area (Å²) in [5, 5.41) is 3.50. The zero-order valence-electron chi connectivity index (χ0n) is 12.3. The minimum Gasteiger partial charge on any atom is -0.379 e. The van der Waals surface area contributed by atoms with E-state index in [0.29, 0.717) is 12.0 Å². The maximum Gasteiger partial charge on any atom is 0.160 e. The van der Waals surface area contributed by atoms with Crippen LogP contribution >= 0.6 is 0 Å². The molecule has 0 aromatic carbocycles. The first kappa shape index (κ1) is 13.2. The van der Waals surface area contributed by atoms with Crippen LogP contribution in [0.2, 0.25) is 0 Å². The number of piperidine rings is 1. The number of imidazole rings is 1. The Morgan fingerprint density at radius 3 is 3.19 bits per heavy atom. The lowest BCUT2D eigenvalue weighted by Gasteiger charge is -2.23. The second-order valence-corrected chi connectivity index (χ2v) is 6.18. The topological polar surface area (TPSA) is 52.0 Å². The zero-order chi connectivity index (χ0) is 14.1. The average Bonchev–Trinajstić information content (AvgIpc) is 3.14. The van der Waals surface area contributed by atoms with E-state index in [9.17, 15) is 0 Å². The van der Waals surface area contributed by atoms with E-state index in [1.807, 2.05) is 12.3 Å². The minimum atomic E-state index is 0.399. The summed E-state index contributed by atoms with van der Waals surface area (Å²) in [6.45, 7) is 3.91. The van der Waals surface area contributed by atoms with Gasteiger partial charge in [0.25, 0.3) is 0 Å². The lowest BCUT2D eigenvalue weighted by Crippen LogP contribution is -2.31. The quantitative estimate of drug-likeness (QED) is 0.937. The molecule has 2 atom stereocenters. The van der Waals surface area contributed by atoms with Gasteiger partial charge in [0.2, 0.25) is 0 Å². The van der Waals surface area contributed by atoms with Crippen molar-refractivity contribution >= 4 is 11.2 Å². The van der Waals surface area contributed by atoms with Gasteiger partial charge >= 0.3 is 0 Å². The Kier molecular flexibility index (Phi) is 3.61. The van der Waals surface area contributed by atoms with E-state index in [4.69, 9.17) is 9.72 Å². The van der Waals surface area contributed by atoms with Crippen LogP contribution in [0.1, 0.15) is 31.1 Å². The molecule has 112 valence electrons. The first-order chi connectivity index (χ1) is 10.4. The summed E-state index contributed by atoms with van der Waals surface area (Å²) in [5.41, 5.74) is 2.04. The summed E-state index contributed by atoms with van der Waals surface area (Å²) in [7, 11) is 0. The molecule has 2 aliphatic heterocycles. The van der Waals surface area contributed by atoms with Crippen LogP contribution in [0.3, 0.4) is 0 Å². The number of hydrogen-bond acceptors (Lipinski definition) is 4. The van der Waals surface area contributed by atoms with Gasteiger partial charge in [-0.1, -0.05) is 0 Å². The number of aromatic nitrogens is 3. The summed E-state index contributed by atoms with van der Waals surface area (Å²) < 4.78 is 7.93. The van der Waals surface area contributed by atoms with E-state index in [-0.39, 0.29) is 0 Å². The molecule has 0 spiro atoms. The summed E-state index contributed by atoms with van der Waals surface area (Å²) in [6, 6.07) is 4.44. The van der Waals surface area contributed by atoms with E-state index in [0.717, 1.165) is 50.3 Å². The maximum absolute atomic E-state index is 5.59. The molecule has 0 bridgehead atoms. The van der Waals surface area contributed by atoms with Gasteiger partial charge in [0, 0.05) is 19.2 Å². The van der Waals surface area contributed by atoms with Crippen molar-refractivity contribution in [3.05, 3.63) is 24.2 Å². The number of nitrogens with one attached hydrogen (secondary N) is 1. The van der Waals surface area contributed by atoms with Gasteiger partial charge in [-0.25, -0.2) is 9.97 Å². The first-order valence-corrected chi connectivity index (χ1v) is 8.02. The highest BCUT2D eigenvalue weighted by molar-refractivity contribution is 5.71. The Hall–Kier alpha value is -1.46. The highest BCUT2D eigenvalue weighted by Gasteiger charge is 2.25. The molecule has 0 amide bonds. The van der Waals surface area contributed by atoms with Crippen LogP contribution < -0.4 is 5.32 Å². The predicted molar refractivity (Wildman–Crippen MR) is 81.3 cm³/mol. The van der Waals surface area contributed by atoms with Crippen molar-refractivity contribution in [1.29, 1.82) is 0 Å². The van der Waals surface area contributed by atoms with Crippen LogP contribution in [0, 0.1) is 5.92 Å². The van der Waals surface area contributed by atoms with E-state index >= 15 is 0 Å². The lowest BCUT2D eigenvalue weighted by atomic mass is 9.96. The van der Waals surface area contributed by atoms with Crippen molar-refractivity contribution in [2.75, 3.05) is 26.3 Å².